The van der Waals surface area contributed by atoms with Crippen LogP contribution in [-0.2, 0) is 17.9 Å². The van der Waals surface area contributed by atoms with Crippen molar-refractivity contribution in [2.75, 3.05) is 20.2 Å². The molecule has 0 fully saturated rings. The van der Waals surface area contributed by atoms with Gasteiger partial charge in [-0.1, -0.05) is 25.1 Å². The van der Waals surface area contributed by atoms with Gasteiger partial charge in [-0.25, -0.2) is 0 Å². The van der Waals surface area contributed by atoms with Crippen molar-refractivity contribution >= 4 is 17.2 Å². The number of carbonyl (C=O) groups excluding carboxylic acids is 1. The molecule has 0 saturated heterocycles. The Morgan fingerprint density at radius 2 is 2.07 bits per heavy atom. The van der Waals surface area contributed by atoms with Crippen LogP contribution in [0.5, 0.6) is 5.75 Å². The Morgan fingerprint density at radius 3 is 2.75 bits per heavy atom. The molecule has 148 valence electrons. The van der Waals surface area contributed by atoms with Crippen molar-refractivity contribution in [2.24, 2.45) is 0 Å². The van der Waals surface area contributed by atoms with Crippen LogP contribution in [0, 0.1) is 0 Å². The Balaban J connectivity index is 1.52. The second-order valence-electron chi connectivity index (χ2n) is 6.46. The molecule has 0 bridgehead atoms. The molecule has 0 aliphatic carbocycles. The molecule has 0 radical (unpaired) electrons. The summed E-state index contributed by atoms with van der Waals surface area (Å²) in [7, 11) is 1.63. The van der Waals surface area contributed by atoms with Crippen molar-refractivity contribution < 1.29 is 18.8 Å². The molecule has 3 aromatic rings. The van der Waals surface area contributed by atoms with Crippen molar-refractivity contribution in [3.05, 3.63) is 53.2 Å². The first-order valence-corrected chi connectivity index (χ1v) is 10.2. The lowest BCUT2D eigenvalue weighted by molar-refractivity contribution is -0.907. The molecule has 1 amide bonds. The van der Waals surface area contributed by atoms with Gasteiger partial charge in [-0.05, 0) is 35.6 Å². The van der Waals surface area contributed by atoms with Gasteiger partial charge in [0.05, 0.1) is 18.5 Å². The van der Waals surface area contributed by atoms with Crippen LogP contribution in [0.15, 0.2) is 46.2 Å². The Labute approximate surface area is 168 Å². The van der Waals surface area contributed by atoms with Crippen LogP contribution < -0.4 is 15.0 Å². The lowest BCUT2D eigenvalue weighted by Crippen LogP contribution is -3.12. The van der Waals surface area contributed by atoms with Crippen molar-refractivity contribution in [3.8, 4) is 16.5 Å². The van der Waals surface area contributed by atoms with Gasteiger partial charge in [0.15, 0.2) is 13.1 Å². The highest BCUT2D eigenvalue weighted by Crippen LogP contribution is 2.22. The summed E-state index contributed by atoms with van der Waals surface area (Å²) < 4.78 is 10.9. The highest BCUT2D eigenvalue weighted by molar-refractivity contribution is 7.13. The van der Waals surface area contributed by atoms with Crippen LogP contribution in [0.25, 0.3) is 10.8 Å². The first-order valence-electron chi connectivity index (χ1n) is 9.27. The normalized spacial score (nSPS) is 11.9. The molecule has 1 atom stereocenters. The summed E-state index contributed by atoms with van der Waals surface area (Å²) in [6.07, 6.45) is 0.965. The van der Waals surface area contributed by atoms with E-state index in [9.17, 15) is 4.79 Å². The van der Waals surface area contributed by atoms with Crippen molar-refractivity contribution in [3.63, 3.8) is 0 Å². The summed E-state index contributed by atoms with van der Waals surface area (Å²) in [6.45, 7) is 4.33. The van der Waals surface area contributed by atoms with Gasteiger partial charge < -0.3 is 19.4 Å². The van der Waals surface area contributed by atoms with Crippen LogP contribution in [0.4, 0.5) is 0 Å². The Kier molecular flexibility index (Phi) is 7.16. The third kappa shape index (κ3) is 5.64. The summed E-state index contributed by atoms with van der Waals surface area (Å²) in [6, 6.07) is 11.6. The quantitative estimate of drug-likeness (QED) is 0.542. The lowest BCUT2D eigenvalue weighted by Gasteiger charge is -2.16. The van der Waals surface area contributed by atoms with E-state index in [4.69, 9.17) is 9.15 Å². The third-order valence-corrected chi connectivity index (χ3v) is 5.12. The van der Waals surface area contributed by atoms with Crippen molar-refractivity contribution in [1.82, 2.24) is 15.5 Å². The summed E-state index contributed by atoms with van der Waals surface area (Å²) in [5.41, 5.74) is 1.03. The lowest BCUT2D eigenvalue weighted by atomic mass is 10.2. The zero-order chi connectivity index (χ0) is 19.8. The molecule has 0 saturated carbocycles. The maximum atomic E-state index is 12.4. The number of aromatic nitrogens is 2. The van der Waals surface area contributed by atoms with E-state index >= 15 is 0 Å². The zero-order valence-electron chi connectivity index (χ0n) is 16.1. The average molecular weight is 402 g/mol. The average Bonchev–Trinajstić information content (AvgIpc) is 3.39. The number of hydrogen-bond acceptors (Lipinski definition) is 6. The maximum Gasteiger partial charge on any atom is 0.275 e. The summed E-state index contributed by atoms with van der Waals surface area (Å²) >= 11 is 1.56. The van der Waals surface area contributed by atoms with E-state index in [0.29, 0.717) is 31.4 Å². The van der Waals surface area contributed by atoms with Crippen LogP contribution in [-0.4, -0.2) is 36.3 Å². The molecule has 8 heteroatoms. The second-order valence-corrected chi connectivity index (χ2v) is 7.40. The minimum absolute atomic E-state index is 0.00253. The van der Waals surface area contributed by atoms with E-state index in [1.807, 2.05) is 41.8 Å². The predicted octanol–water partition coefficient (Wildman–Crippen LogP) is 1.92. The van der Waals surface area contributed by atoms with E-state index in [2.05, 4.69) is 22.4 Å². The first-order chi connectivity index (χ1) is 13.7. The largest absolute Gasteiger partial charge is 0.497 e. The van der Waals surface area contributed by atoms with Crippen LogP contribution in [0.1, 0.15) is 24.8 Å². The molecule has 28 heavy (non-hydrogen) atoms. The van der Waals surface area contributed by atoms with E-state index in [1.54, 1.807) is 18.4 Å². The fourth-order valence-electron chi connectivity index (χ4n) is 2.87. The van der Waals surface area contributed by atoms with Crippen LogP contribution in [0.3, 0.4) is 0 Å². The van der Waals surface area contributed by atoms with Gasteiger partial charge in [0.25, 0.3) is 17.7 Å². The molecule has 2 N–H and O–H groups in total. The molecule has 3 rings (SSSR count). The number of benzene rings is 1. The second kappa shape index (κ2) is 10.0. The fraction of sp³-hybridized carbons (Fsp3) is 0.350. The predicted molar refractivity (Wildman–Crippen MR) is 107 cm³/mol. The van der Waals surface area contributed by atoms with Gasteiger partial charge in [0.1, 0.15) is 5.75 Å². The van der Waals surface area contributed by atoms with Gasteiger partial charge in [-0.15, -0.1) is 21.5 Å². The minimum atomic E-state index is -0.00253. The molecular weight excluding hydrogens is 376 g/mol. The number of carbonyl (C=O) groups is 1. The number of ether oxygens (including phenoxy) is 1. The number of rotatable bonds is 10. The minimum Gasteiger partial charge on any atom is -0.497 e. The van der Waals surface area contributed by atoms with Crippen LogP contribution >= 0.6 is 11.3 Å². The molecule has 0 aliphatic heterocycles. The van der Waals surface area contributed by atoms with Gasteiger partial charge in [0.2, 0.25) is 0 Å². The van der Waals surface area contributed by atoms with E-state index in [-0.39, 0.29) is 5.91 Å². The molecule has 1 aromatic carbocycles. The summed E-state index contributed by atoms with van der Waals surface area (Å²) in [5.74, 6) is 1.88. The zero-order valence-corrected chi connectivity index (χ0v) is 16.9. The fourth-order valence-corrected chi connectivity index (χ4v) is 3.51. The monoisotopic (exact) mass is 401 g/mol. The van der Waals surface area contributed by atoms with Crippen molar-refractivity contribution in [2.45, 2.75) is 26.4 Å². The molecule has 7 nitrogen and oxygen atoms in total. The SMILES string of the molecule is CCC[NH+](CC(=O)NCc1ccc(OC)cc1)Cc1nnc(-c2cccs2)o1. The standard InChI is InChI=1S/C20H24N4O3S/c1-3-10-24(14-19-22-23-20(27-19)17-5-4-11-28-17)13-18(25)21-12-15-6-8-16(26-2)9-7-15/h4-9,11H,3,10,12-14H2,1-2H3,(H,21,25)/p+1. The topological polar surface area (TPSA) is 81.7 Å². The van der Waals surface area contributed by atoms with E-state index in [0.717, 1.165) is 34.1 Å². The summed E-state index contributed by atoms with van der Waals surface area (Å²) in [5, 5.41) is 13.2. The number of hydrogen-bond donors (Lipinski definition) is 2. The molecule has 2 aromatic heterocycles. The number of thiophene rings is 1. The third-order valence-electron chi connectivity index (χ3n) is 4.26. The molecule has 0 aliphatic rings. The van der Waals surface area contributed by atoms with Gasteiger partial charge in [-0.3, -0.25) is 4.79 Å². The Hall–Kier alpha value is -2.71. The molecule has 1 unspecified atom stereocenters. The Morgan fingerprint density at radius 1 is 1.25 bits per heavy atom. The Bertz CT molecular complexity index is 862. The van der Waals surface area contributed by atoms with Gasteiger partial charge >= 0.3 is 0 Å². The molecule has 0 spiro atoms. The van der Waals surface area contributed by atoms with E-state index in [1.165, 1.54) is 0 Å². The number of methoxy groups -OCH3 is 1. The molecule has 2 heterocycles. The first kappa shape index (κ1) is 20.0. The number of amides is 1. The van der Waals surface area contributed by atoms with E-state index < -0.39 is 0 Å². The highest BCUT2D eigenvalue weighted by atomic mass is 32.1. The molecular formula is C20H25N4O3S+. The summed E-state index contributed by atoms with van der Waals surface area (Å²) in [4.78, 5) is 14.4. The van der Waals surface area contributed by atoms with Gasteiger partial charge in [0, 0.05) is 6.54 Å². The highest BCUT2D eigenvalue weighted by Gasteiger charge is 2.18. The van der Waals surface area contributed by atoms with Gasteiger partial charge in [-0.2, -0.15) is 0 Å². The van der Waals surface area contributed by atoms with Crippen LogP contribution in [0.2, 0.25) is 0 Å². The van der Waals surface area contributed by atoms with Crippen molar-refractivity contribution in [1.29, 1.82) is 0 Å². The number of quaternary nitrogens is 1. The number of nitrogens with one attached hydrogen (secondary N) is 2. The maximum absolute atomic E-state index is 12.4. The number of nitrogens with zero attached hydrogens (tertiary/aromatic N) is 2. The smallest absolute Gasteiger partial charge is 0.275 e.